The molecular weight excluding hydrogens is 380 g/mol. The van der Waals surface area contributed by atoms with Crippen LogP contribution in [0.4, 0.5) is 0 Å². The van der Waals surface area contributed by atoms with E-state index >= 15 is 0 Å². The van der Waals surface area contributed by atoms with Crippen molar-refractivity contribution in [2.24, 2.45) is 0 Å². The third-order valence-electron chi connectivity index (χ3n) is 4.40. The van der Waals surface area contributed by atoms with E-state index < -0.39 is 34.9 Å². The molecule has 9 heteroatoms. The molecule has 0 aromatic heterocycles. The van der Waals surface area contributed by atoms with Crippen LogP contribution in [0.3, 0.4) is 0 Å². The number of halogens is 1. The molecule has 2 unspecified atom stereocenters. The molecule has 2 saturated heterocycles. The molecule has 0 radical (unpaired) electrons. The van der Waals surface area contributed by atoms with E-state index in [-0.39, 0.29) is 6.42 Å². The predicted octanol–water partition coefficient (Wildman–Crippen LogP) is 1.27. The number of hydrogen-bond acceptors (Lipinski definition) is 5. The van der Waals surface area contributed by atoms with Gasteiger partial charge in [0, 0.05) is 17.9 Å². The fourth-order valence-corrected chi connectivity index (χ4v) is 4.66. The van der Waals surface area contributed by atoms with E-state index in [0.717, 1.165) is 5.56 Å². The highest BCUT2D eigenvalue weighted by Gasteiger charge is 2.67. The van der Waals surface area contributed by atoms with Gasteiger partial charge < -0.3 is 20.1 Å². The highest BCUT2D eigenvalue weighted by molar-refractivity contribution is 8.00. The van der Waals surface area contributed by atoms with Crippen molar-refractivity contribution in [1.82, 2.24) is 10.2 Å². The van der Waals surface area contributed by atoms with Gasteiger partial charge in [0.25, 0.3) is 11.6 Å². The maximum atomic E-state index is 12.7. The number of carboxylic acids is 1. The van der Waals surface area contributed by atoms with Crippen molar-refractivity contribution in [1.29, 1.82) is 0 Å². The molecule has 138 valence electrons. The number of ether oxygens (including phenoxy) is 1. The van der Waals surface area contributed by atoms with Gasteiger partial charge in [0.2, 0.25) is 5.91 Å². The van der Waals surface area contributed by atoms with Crippen LogP contribution in [0.2, 0.25) is 5.02 Å². The van der Waals surface area contributed by atoms with Crippen LogP contribution in [-0.4, -0.2) is 57.8 Å². The molecule has 2 aliphatic heterocycles. The first-order valence-corrected chi connectivity index (χ1v) is 9.18. The van der Waals surface area contributed by atoms with E-state index in [9.17, 15) is 19.5 Å². The molecule has 2 N–H and O–H groups in total. The van der Waals surface area contributed by atoms with E-state index in [1.54, 1.807) is 24.3 Å². The lowest BCUT2D eigenvalue weighted by molar-refractivity contribution is -0.201. The number of nitrogens with one attached hydrogen (secondary N) is 1. The maximum absolute atomic E-state index is 12.7. The van der Waals surface area contributed by atoms with Gasteiger partial charge >= 0.3 is 5.97 Å². The average molecular weight is 397 g/mol. The minimum Gasteiger partial charge on any atom is -0.479 e. The van der Waals surface area contributed by atoms with Gasteiger partial charge in [-0.15, -0.1) is 11.8 Å². The smallest absolute Gasteiger partial charge is 0.330 e. The molecule has 7 nitrogen and oxygen atoms in total. The summed E-state index contributed by atoms with van der Waals surface area (Å²) in [6.45, 7) is 3.73. The lowest BCUT2D eigenvalue weighted by Gasteiger charge is -2.58. The first-order chi connectivity index (χ1) is 12.3. The summed E-state index contributed by atoms with van der Waals surface area (Å²) < 4.78 is 5.36. The highest BCUT2D eigenvalue weighted by atomic mass is 35.5. The Labute approximate surface area is 159 Å². The molecule has 2 amide bonds. The molecule has 0 spiro atoms. The number of aliphatic carboxylic acids is 1. The molecule has 3 atom stereocenters. The Morgan fingerprint density at radius 2 is 2.12 bits per heavy atom. The molecule has 3 rings (SSSR count). The Bertz CT molecular complexity index is 784. The molecule has 0 bridgehead atoms. The molecular formula is C17H17ClN2O5S. The second kappa shape index (κ2) is 6.94. The molecule has 1 aromatic rings. The monoisotopic (exact) mass is 396 g/mol. The highest BCUT2D eigenvalue weighted by Crippen LogP contribution is 2.46. The summed E-state index contributed by atoms with van der Waals surface area (Å²) in [6, 6.07) is 5.68. The third-order valence-corrected chi connectivity index (χ3v) is 6.07. The first-order valence-electron chi connectivity index (χ1n) is 7.75. The zero-order valence-electron chi connectivity index (χ0n) is 13.9. The second-order valence-electron chi connectivity index (χ2n) is 6.07. The Balaban J connectivity index is 1.76. The van der Waals surface area contributed by atoms with Crippen molar-refractivity contribution in [3.63, 3.8) is 0 Å². The third kappa shape index (κ3) is 2.98. The quantitative estimate of drug-likeness (QED) is 0.442. The number of carbonyl (C=O) groups excluding carboxylic acids is 2. The van der Waals surface area contributed by atoms with Crippen molar-refractivity contribution in [3.8, 4) is 0 Å². The molecule has 26 heavy (non-hydrogen) atoms. The Morgan fingerprint density at radius 3 is 2.69 bits per heavy atom. The summed E-state index contributed by atoms with van der Waals surface area (Å²) in [6.07, 6.45) is 0.0437. The zero-order chi connectivity index (χ0) is 19.1. The average Bonchev–Trinajstić information content (AvgIpc) is 2.60. The molecule has 2 aliphatic rings. The SMILES string of the molecule is C=C1CS[C@@H]2N(C(=O)C2(NC(=O)Cc2ccc(Cl)cc2)OC)C1C(=O)O. The fraction of sp³-hybridized carbons (Fsp3) is 0.353. The van der Waals surface area contributed by atoms with Crippen LogP contribution in [0.25, 0.3) is 0 Å². The Kier molecular flexibility index (Phi) is 5.01. The van der Waals surface area contributed by atoms with Crippen LogP contribution in [0.1, 0.15) is 5.56 Å². The van der Waals surface area contributed by atoms with Crippen molar-refractivity contribution in [2.75, 3.05) is 12.9 Å². The first kappa shape index (κ1) is 18.8. The number of rotatable bonds is 5. The van der Waals surface area contributed by atoms with Gasteiger partial charge in [-0.1, -0.05) is 30.3 Å². The van der Waals surface area contributed by atoms with Gasteiger partial charge in [-0.3, -0.25) is 9.59 Å². The number of carbonyl (C=O) groups is 3. The number of benzene rings is 1. The van der Waals surface area contributed by atoms with Gasteiger partial charge in [0.1, 0.15) is 5.37 Å². The number of carboxylic acid groups (broad SMARTS) is 1. The standard InChI is InChI=1S/C17H17ClN2O5S/c1-9-8-26-16-17(25-2,15(24)20(16)13(9)14(22)23)19-12(21)7-10-3-5-11(18)6-4-10/h3-6,13,16H,1,7-8H2,2H3,(H,19,21)(H,22,23)/t13?,16-,17?/m0/s1. The molecule has 1 aromatic carbocycles. The van der Waals surface area contributed by atoms with Crippen LogP contribution in [0, 0.1) is 0 Å². The topological polar surface area (TPSA) is 95.9 Å². The molecule has 0 saturated carbocycles. The van der Waals surface area contributed by atoms with Gasteiger partial charge in [-0.2, -0.15) is 0 Å². The van der Waals surface area contributed by atoms with Gasteiger partial charge in [-0.25, -0.2) is 4.79 Å². The predicted molar refractivity (Wildman–Crippen MR) is 96.7 cm³/mol. The summed E-state index contributed by atoms with van der Waals surface area (Å²) in [7, 11) is 1.32. The summed E-state index contributed by atoms with van der Waals surface area (Å²) in [5, 5.41) is 12.0. The molecule has 2 heterocycles. The summed E-state index contributed by atoms with van der Waals surface area (Å²) in [5.41, 5.74) is -0.401. The van der Waals surface area contributed by atoms with Crippen LogP contribution in [-0.2, 0) is 25.5 Å². The van der Waals surface area contributed by atoms with E-state index in [1.165, 1.54) is 23.8 Å². The Hall–Kier alpha value is -2.03. The van der Waals surface area contributed by atoms with Crippen LogP contribution >= 0.6 is 23.4 Å². The summed E-state index contributed by atoms with van der Waals surface area (Å²) >= 11 is 7.14. The van der Waals surface area contributed by atoms with Crippen molar-refractivity contribution >= 4 is 41.1 Å². The van der Waals surface area contributed by atoms with Gasteiger partial charge in [-0.05, 0) is 23.3 Å². The molecule has 2 fully saturated rings. The van der Waals surface area contributed by atoms with E-state index in [2.05, 4.69) is 11.9 Å². The number of nitrogens with zero attached hydrogens (tertiary/aromatic N) is 1. The van der Waals surface area contributed by atoms with Crippen molar-refractivity contribution in [2.45, 2.75) is 23.6 Å². The van der Waals surface area contributed by atoms with Crippen molar-refractivity contribution in [3.05, 3.63) is 47.0 Å². The number of fused-ring (bicyclic) bond motifs is 1. The van der Waals surface area contributed by atoms with Gasteiger partial charge in [0.15, 0.2) is 6.04 Å². The van der Waals surface area contributed by atoms with E-state index in [1.807, 2.05) is 0 Å². The summed E-state index contributed by atoms with van der Waals surface area (Å²) in [4.78, 5) is 37.8. The number of methoxy groups -OCH3 is 1. The van der Waals surface area contributed by atoms with E-state index in [4.69, 9.17) is 16.3 Å². The minimum absolute atomic E-state index is 0.0437. The maximum Gasteiger partial charge on any atom is 0.330 e. The lowest BCUT2D eigenvalue weighted by Crippen LogP contribution is -2.83. The number of thioether (sulfide) groups is 1. The second-order valence-corrected chi connectivity index (χ2v) is 7.57. The van der Waals surface area contributed by atoms with E-state index in [0.29, 0.717) is 16.3 Å². The largest absolute Gasteiger partial charge is 0.479 e. The number of hydrogen-bond donors (Lipinski definition) is 2. The number of amides is 2. The lowest BCUT2D eigenvalue weighted by atomic mass is 9.94. The normalized spacial score (nSPS) is 27.5. The van der Waals surface area contributed by atoms with Crippen LogP contribution in [0.5, 0.6) is 0 Å². The number of β-lactam (4-membered cyclic amide) rings is 1. The summed E-state index contributed by atoms with van der Waals surface area (Å²) in [5.74, 6) is -1.77. The Morgan fingerprint density at radius 1 is 1.46 bits per heavy atom. The fourth-order valence-electron chi connectivity index (χ4n) is 3.13. The van der Waals surface area contributed by atoms with Crippen molar-refractivity contribution < 1.29 is 24.2 Å². The van der Waals surface area contributed by atoms with Crippen LogP contribution in [0.15, 0.2) is 36.4 Å². The van der Waals surface area contributed by atoms with Gasteiger partial charge in [0.05, 0.1) is 6.42 Å². The zero-order valence-corrected chi connectivity index (χ0v) is 15.5. The van der Waals surface area contributed by atoms with Crippen LogP contribution < -0.4 is 5.32 Å². The minimum atomic E-state index is -1.57. The molecule has 0 aliphatic carbocycles.